The van der Waals surface area contributed by atoms with E-state index < -0.39 is 11.9 Å². The number of benzene rings is 3. The maximum Gasteiger partial charge on any atom is 0.337 e. The summed E-state index contributed by atoms with van der Waals surface area (Å²) in [6, 6.07) is 25.0. The Labute approximate surface area is 189 Å². The van der Waals surface area contributed by atoms with Crippen LogP contribution in [0.2, 0.25) is 0 Å². The van der Waals surface area contributed by atoms with Gasteiger partial charge in [0.05, 0.1) is 27.4 Å². The van der Waals surface area contributed by atoms with Gasteiger partial charge >= 0.3 is 5.97 Å². The van der Waals surface area contributed by atoms with Crippen LogP contribution in [0, 0.1) is 11.8 Å². The van der Waals surface area contributed by atoms with Gasteiger partial charge in [-0.1, -0.05) is 48.2 Å². The summed E-state index contributed by atoms with van der Waals surface area (Å²) in [7, 11) is 0. The summed E-state index contributed by atoms with van der Waals surface area (Å²) < 4.78 is 0. The first-order valence-electron chi connectivity index (χ1n) is 9.75. The Morgan fingerprint density at radius 1 is 0.781 bits per heavy atom. The smallest absolute Gasteiger partial charge is 0.337 e. The van der Waals surface area contributed by atoms with Gasteiger partial charge in [0.25, 0.3) is 5.91 Å². The van der Waals surface area contributed by atoms with Gasteiger partial charge in [-0.25, -0.2) is 4.79 Å². The fourth-order valence-electron chi connectivity index (χ4n) is 3.05. The van der Waals surface area contributed by atoms with Gasteiger partial charge in [-0.2, -0.15) is 0 Å². The summed E-state index contributed by atoms with van der Waals surface area (Å²) in [5.41, 5.74) is 2.69. The number of thiophene rings is 1. The highest BCUT2D eigenvalue weighted by molar-refractivity contribution is 7.10. The summed E-state index contributed by atoms with van der Waals surface area (Å²) in [5, 5.41) is 17.4. The van der Waals surface area contributed by atoms with Gasteiger partial charge in [0.2, 0.25) is 0 Å². The molecule has 5 nitrogen and oxygen atoms in total. The summed E-state index contributed by atoms with van der Waals surface area (Å²) in [6.07, 6.45) is 0. The standard InChI is InChI=1S/C26H18N2O3S/c29-25(28-23-11-5-4-10-21(23)26(30)31)22-17-18(12-14-20-9-6-16-32-20)13-15-24(22)27-19-7-2-1-3-8-19/h1-11,13,15-17,27H,(H,28,29)(H,30,31). The molecule has 0 bridgehead atoms. The summed E-state index contributed by atoms with van der Waals surface area (Å²) in [5.74, 6) is 4.63. The molecule has 1 heterocycles. The molecule has 32 heavy (non-hydrogen) atoms. The van der Waals surface area contributed by atoms with E-state index in [1.165, 1.54) is 6.07 Å². The van der Waals surface area contributed by atoms with Crippen LogP contribution in [-0.2, 0) is 0 Å². The normalized spacial score (nSPS) is 10.0. The molecule has 6 heteroatoms. The lowest BCUT2D eigenvalue weighted by molar-refractivity contribution is 0.0698. The third kappa shape index (κ3) is 5.04. The van der Waals surface area contributed by atoms with E-state index in [2.05, 4.69) is 22.5 Å². The number of carboxylic acid groups (broad SMARTS) is 1. The van der Waals surface area contributed by atoms with Crippen molar-refractivity contribution in [2.75, 3.05) is 10.6 Å². The van der Waals surface area contributed by atoms with E-state index in [4.69, 9.17) is 0 Å². The number of rotatable bonds is 5. The Balaban J connectivity index is 1.70. The molecule has 4 rings (SSSR count). The van der Waals surface area contributed by atoms with Crippen molar-refractivity contribution in [1.29, 1.82) is 0 Å². The van der Waals surface area contributed by atoms with Crippen LogP contribution >= 0.6 is 11.3 Å². The molecule has 156 valence electrons. The zero-order chi connectivity index (χ0) is 22.3. The summed E-state index contributed by atoms with van der Waals surface area (Å²) in [4.78, 5) is 25.6. The Morgan fingerprint density at radius 3 is 2.31 bits per heavy atom. The van der Waals surface area contributed by atoms with E-state index in [1.807, 2.05) is 53.9 Å². The van der Waals surface area contributed by atoms with Crippen molar-refractivity contribution in [3.63, 3.8) is 0 Å². The predicted molar refractivity (Wildman–Crippen MR) is 128 cm³/mol. The zero-order valence-electron chi connectivity index (χ0n) is 16.8. The van der Waals surface area contributed by atoms with Crippen LogP contribution in [-0.4, -0.2) is 17.0 Å². The molecule has 1 amide bonds. The Bertz CT molecular complexity index is 1320. The molecule has 4 aromatic rings. The lowest BCUT2D eigenvalue weighted by atomic mass is 10.1. The van der Waals surface area contributed by atoms with Crippen molar-refractivity contribution < 1.29 is 14.7 Å². The van der Waals surface area contributed by atoms with Crippen LogP contribution in [0.1, 0.15) is 31.2 Å². The van der Waals surface area contributed by atoms with E-state index in [1.54, 1.807) is 41.7 Å². The molecule has 0 spiro atoms. The third-order valence-electron chi connectivity index (χ3n) is 4.57. The second kappa shape index (κ2) is 9.65. The molecule has 0 atom stereocenters. The highest BCUT2D eigenvalue weighted by Crippen LogP contribution is 2.24. The Morgan fingerprint density at radius 2 is 1.56 bits per heavy atom. The number of hydrogen-bond donors (Lipinski definition) is 3. The van der Waals surface area contributed by atoms with Crippen molar-refractivity contribution in [3.8, 4) is 11.8 Å². The van der Waals surface area contributed by atoms with E-state index in [0.717, 1.165) is 10.6 Å². The van der Waals surface area contributed by atoms with Crippen molar-refractivity contribution in [1.82, 2.24) is 0 Å². The lowest BCUT2D eigenvalue weighted by Crippen LogP contribution is -2.16. The number of carbonyl (C=O) groups is 2. The molecule has 0 saturated heterocycles. The number of carbonyl (C=O) groups excluding carboxylic acids is 1. The average Bonchev–Trinajstić information content (AvgIpc) is 3.33. The molecule has 0 aliphatic rings. The lowest BCUT2D eigenvalue weighted by Gasteiger charge is -2.14. The molecule has 3 aromatic carbocycles. The third-order valence-corrected chi connectivity index (χ3v) is 5.36. The topological polar surface area (TPSA) is 78.4 Å². The number of carboxylic acids is 1. The van der Waals surface area contributed by atoms with Gasteiger partial charge in [0.1, 0.15) is 0 Å². The molecule has 1 aromatic heterocycles. The first-order valence-corrected chi connectivity index (χ1v) is 10.6. The molecule has 0 radical (unpaired) electrons. The SMILES string of the molecule is O=C(O)c1ccccc1NC(=O)c1cc(C#Cc2cccs2)ccc1Nc1ccccc1. The van der Waals surface area contributed by atoms with Gasteiger partial charge < -0.3 is 15.7 Å². The number of anilines is 3. The van der Waals surface area contributed by atoms with Crippen molar-refractivity contribution in [2.24, 2.45) is 0 Å². The number of nitrogens with one attached hydrogen (secondary N) is 2. The van der Waals surface area contributed by atoms with Gasteiger partial charge in [-0.05, 0) is 53.9 Å². The summed E-state index contributed by atoms with van der Waals surface area (Å²) >= 11 is 1.54. The number of aromatic carboxylic acids is 1. The van der Waals surface area contributed by atoms with Gasteiger partial charge in [0.15, 0.2) is 0 Å². The van der Waals surface area contributed by atoms with Crippen LogP contribution in [0.5, 0.6) is 0 Å². The van der Waals surface area contributed by atoms with Crippen molar-refractivity contribution in [2.45, 2.75) is 0 Å². The Hall–Kier alpha value is -4.34. The number of hydrogen-bond acceptors (Lipinski definition) is 4. The van der Waals surface area contributed by atoms with Crippen LogP contribution in [0.15, 0.2) is 90.3 Å². The van der Waals surface area contributed by atoms with Crippen LogP contribution < -0.4 is 10.6 Å². The monoisotopic (exact) mass is 438 g/mol. The molecule has 0 aliphatic carbocycles. The van der Waals surface area contributed by atoms with E-state index in [9.17, 15) is 14.7 Å². The molecular weight excluding hydrogens is 420 g/mol. The largest absolute Gasteiger partial charge is 0.478 e. The second-order valence-corrected chi connectivity index (χ2v) is 7.73. The molecule has 0 aliphatic heterocycles. The van der Waals surface area contributed by atoms with Crippen molar-refractivity contribution in [3.05, 3.63) is 112 Å². The van der Waals surface area contributed by atoms with Crippen LogP contribution in [0.3, 0.4) is 0 Å². The van der Waals surface area contributed by atoms with Gasteiger partial charge in [0, 0.05) is 11.3 Å². The predicted octanol–water partition coefficient (Wildman–Crippen LogP) is 5.84. The van der Waals surface area contributed by atoms with Crippen LogP contribution in [0.25, 0.3) is 0 Å². The molecule has 0 saturated carbocycles. The maximum absolute atomic E-state index is 13.2. The van der Waals surface area contributed by atoms with Gasteiger partial charge in [-0.3, -0.25) is 4.79 Å². The average molecular weight is 439 g/mol. The van der Waals surface area contributed by atoms with E-state index >= 15 is 0 Å². The fraction of sp³-hybridized carbons (Fsp3) is 0. The maximum atomic E-state index is 13.2. The number of para-hydroxylation sites is 2. The summed E-state index contributed by atoms with van der Waals surface area (Å²) in [6.45, 7) is 0. The molecule has 3 N–H and O–H groups in total. The molecular formula is C26H18N2O3S. The fourth-order valence-corrected chi connectivity index (χ4v) is 3.62. The quantitative estimate of drug-likeness (QED) is 0.342. The van der Waals surface area contributed by atoms with Gasteiger partial charge in [-0.15, -0.1) is 11.3 Å². The first-order chi connectivity index (χ1) is 15.6. The zero-order valence-corrected chi connectivity index (χ0v) is 17.6. The Kier molecular flexibility index (Phi) is 6.30. The molecule has 0 unspecified atom stereocenters. The minimum absolute atomic E-state index is 0.0204. The minimum atomic E-state index is -1.11. The highest BCUT2D eigenvalue weighted by Gasteiger charge is 2.16. The highest BCUT2D eigenvalue weighted by atomic mass is 32.1. The van der Waals surface area contributed by atoms with Crippen LogP contribution in [0.4, 0.5) is 17.1 Å². The second-order valence-electron chi connectivity index (χ2n) is 6.78. The van der Waals surface area contributed by atoms with Crippen molar-refractivity contribution >= 4 is 40.3 Å². The molecule has 0 fully saturated rings. The first kappa shape index (κ1) is 20.9. The van der Waals surface area contributed by atoms with E-state index in [0.29, 0.717) is 16.8 Å². The number of amides is 1. The van der Waals surface area contributed by atoms with E-state index in [-0.39, 0.29) is 11.3 Å². The minimum Gasteiger partial charge on any atom is -0.478 e.